The molecule has 0 aromatic heterocycles. The van der Waals surface area contributed by atoms with Gasteiger partial charge >= 0.3 is 0 Å². The molecule has 2 heteroatoms. The number of rotatable bonds is 1. The average molecular weight is 221 g/mol. The molecule has 0 saturated carbocycles. The molecule has 1 saturated heterocycles. The van der Waals surface area contributed by atoms with Gasteiger partial charge in [-0.1, -0.05) is 49.7 Å². The minimum Gasteiger partial charge on any atom is -0.308 e. The summed E-state index contributed by atoms with van der Waals surface area (Å²) in [5.41, 5.74) is 1.32. The molecule has 0 aliphatic carbocycles. The molecule has 1 atom stereocenters. The fourth-order valence-corrected chi connectivity index (χ4v) is 1.36. The topological polar surface area (TPSA) is 29.1 Å². The van der Waals surface area contributed by atoms with Crippen LogP contribution in [0.1, 0.15) is 32.3 Å². The molecular weight excluding hydrogens is 198 g/mol. The lowest BCUT2D eigenvalue weighted by Crippen LogP contribution is -2.21. The van der Waals surface area contributed by atoms with Gasteiger partial charge in [0.1, 0.15) is 6.29 Å². The molecular formula is C14H23NO. The molecule has 2 rings (SSSR count). The zero-order chi connectivity index (χ0) is 12.2. The fourth-order valence-electron chi connectivity index (χ4n) is 1.36. The molecule has 0 bridgehead atoms. The minimum atomic E-state index is 0.167. The Labute approximate surface area is 99.1 Å². The van der Waals surface area contributed by atoms with Crippen LogP contribution in [0.5, 0.6) is 0 Å². The van der Waals surface area contributed by atoms with Gasteiger partial charge in [-0.15, -0.1) is 0 Å². The molecule has 1 aromatic rings. The maximum absolute atomic E-state index is 9.94. The molecule has 90 valence electrons. The van der Waals surface area contributed by atoms with Crippen molar-refractivity contribution < 1.29 is 4.79 Å². The van der Waals surface area contributed by atoms with Gasteiger partial charge in [-0.3, -0.25) is 0 Å². The number of aryl methyl sites for hydroxylation is 1. The Hall–Kier alpha value is -1.15. The van der Waals surface area contributed by atoms with Crippen LogP contribution in [0.3, 0.4) is 0 Å². The van der Waals surface area contributed by atoms with Crippen LogP contribution in [0.15, 0.2) is 30.3 Å². The molecule has 2 nitrogen and oxygen atoms in total. The quantitative estimate of drug-likeness (QED) is 0.739. The van der Waals surface area contributed by atoms with Crippen LogP contribution in [0.2, 0.25) is 0 Å². The van der Waals surface area contributed by atoms with E-state index in [1.807, 2.05) is 32.0 Å². The van der Waals surface area contributed by atoms with E-state index in [0.29, 0.717) is 0 Å². The number of carbonyl (C=O) groups is 1. The summed E-state index contributed by atoms with van der Waals surface area (Å²) in [5.74, 6) is 0. The Morgan fingerprint density at radius 3 is 2.12 bits per heavy atom. The van der Waals surface area contributed by atoms with E-state index in [0.717, 1.165) is 25.7 Å². The second kappa shape index (κ2) is 10.4. The van der Waals surface area contributed by atoms with E-state index < -0.39 is 0 Å². The number of hydrogen-bond donors (Lipinski definition) is 1. The molecule has 16 heavy (non-hydrogen) atoms. The molecule has 1 aliphatic rings. The van der Waals surface area contributed by atoms with Crippen molar-refractivity contribution in [3.05, 3.63) is 35.9 Å². The monoisotopic (exact) mass is 221 g/mol. The highest BCUT2D eigenvalue weighted by atomic mass is 16.1. The van der Waals surface area contributed by atoms with E-state index in [9.17, 15) is 4.79 Å². The van der Waals surface area contributed by atoms with Gasteiger partial charge in [-0.05, 0) is 26.3 Å². The first-order valence-electron chi connectivity index (χ1n) is 6.03. The summed E-state index contributed by atoms with van der Waals surface area (Å²) >= 11 is 0. The standard InChI is InChI=1S/C7H8.C5H9NO.C2H6/c1-7-5-3-2-4-6-7;7-4-5-2-1-3-6-5;1-2/h2-6H,1H3;4-6H,1-3H2;1-2H3/t;5-;/m.0./s1. The lowest BCUT2D eigenvalue weighted by molar-refractivity contribution is -0.109. The molecule has 0 amide bonds. The predicted molar refractivity (Wildman–Crippen MR) is 69.6 cm³/mol. The normalized spacial score (nSPS) is 17.6. The largest absolute Gasteiger partial charge is 0.308 e. The van der Waals surface area contributed by atoms with E-state index in [1.165, 1.54) is 5.56 Å². The van der Waals surface area contributed by atoms with Crippen molar-refractivity contribution in [2.24, 2.45) is 0 Å². The van der Waals surface area contributed by atoms with Crippen molar-refractivity contribution in [3.63, 3.8) is 0 Å². The van der Waals surface area contributed by atoms with E-state index >= 15 is 0 Å². The SMILES string of the molecule is CC.Cc1ccccc1.O=C[C@@H]1CCCN1. The average Bonchev–Trinajstić information content (AvgIpc) is 2.86. The van der Waals surface area contributed by atoms with Gasteiger partial charge in [0.25, 0.3) is 0 Å². The Balaban J connectivity index is 0.000000244. The van der Waals surface area contributed by atoms with Crippen molar-refractivity contribution in [2.45, 2.75) is 39.7 Å². The number of aldehydes is 1. The smallest absolute Gasteiger partial charge is 0.136 e. The third-order valence-electron chi connectivity index (χ3n) is 2.20. The number of hydrogen-bond acceptors (Lipinski definition) is 2. The van der Waals surface area contributed by atoms with Crippen LogP contribution in [0, 0.1) is 6.92 Å². The van der Waals surface area contributed by atoms with Crippen molar-refractivity contribution in [1.29, 1.82) is 0 Å². The summed E-state index contributed by atoms with van der Waals surface area (Å²) in [6, 6.07) is 10.4. The van der Waals surface area contributed by atoms with Crippen LogP contribution in [0.25, 0.3) is 0 Å². The fraction of sp³-hybridized carbons (Fsp3) is 0.500. The van der Waals surface area contributed by atoms with Crippen LogP contribution in [0.4, 0.5) is 0 Å². The third-order valence-corrected chi connectivity index (χ3v) is 2.20. The van der Waals surface area contributed by atoms with Crippen molar-refractivity contribution in [2.75, 3.05) is 6.54 Å². The van der Waals surface area contributed by atoms with Gasteiger partial charge < -0.3 is 10.1 Å². The van der Waals surface area contributed by atoms with Crippen molar-refractivity contribution >= 4 is 6.29 Å². The molecule has 1 fully saturated rings. The predicted octanol–water partition coefficient (Wildman–Crippen LogP) is 2.96. The number of benzene rings is 1. The van der Waals surface area contributed by atoms with Crippen LogP contribution in [-0.2, 0) is 4.79 Å². The minimum absolute atomic E-state index is 0.167. The first-order valence-corrected chi connectivity index (χ1v) is 6.03. The zero-order valence-corrected chi connectivity index (χ0v) is 10.6. The molecule has 0 spiro atoms. The summed E-state index contributed by atoms with van der Waals surface area (Å²) in [6.07, 6.45) is 3.17. The highest BCUT2D eigenvalue weighted by molar-refractivity contribution is 5.57. The summed E-state index contributed by atoms with van der Waals surface area (Å²) in [4.78, 5) is 9.94. The van der Waals surface area contributed by atoms with Gasteiger partial charge in [0, 0.05) is 0 Å². The lowest BCUT2D eigenvalue weighted by atomic mass is 10.2. The van der Waals surface area contributed by atoms with Gasteiger partial charge in [0.05, 0.1) is 6.04 Å². The number of nitrogens with one attached hydrogen (secondary N) is 1. The molecule has 1 N–H and O–H groups in total. The third kappa shape index (κ3) is 7.18. The molecule has 1 heterocycles. The van der Waals surface area contributed by atoms with E-state index in [2.05, 4.69) is 24.4 Å². The summed E-state index contributed by atoms with van der Waals surface area (Å²) < 4.78 is 0. The second-order valence-corrected chi connectivity index (χ2v) is 3.49. The summed E-state index contributed by atoms with van der Waals surface area (Å²) in [7, 11) is 0. The second-order valence-electron chi connectivity index (χ2n) is 3.49. The van der Waals surface area contributed by atoms with Gasteiger partial charge in [-0.25, -0.2) is 0 Å². The molecule has 1 aliphatic heterocycles. The Morgan fingerprint density at radius 2 is 1.88 bits per heavy atom. The highest BCUT2D eigenvalue weighted by Crippen LogP contribution is 2.00. The Bertz CT molecular complexity index is 253. The van der Waals surface area contributed by atoms with Crippen LogP contribution in [-0.4, -0.2) is 18.9 Å². The number of carbonyl (C=O) groups excluding carboxylic acids is 1. The lowest BCUT2D eigenvalue weighted by Gasteiger charge is -1.93. The maximum atomic E-state index is 9.94. The summed E-state index contributed by atoms with van der Waals surface area (Å²) in [6.45, 7) is 7.10. The van der Waals surface area contributed by atoms with Crippen LogP contribution >= 0.6 is 0 Å². The first-order chi connectivity index (χ1) is 7.83. The molecule has 0 radical (unpaired) electrons. The van der Waals surface area contributed by atoms with Gasteiger partial charge in [0.15, 0.2) is 0 Å². The van der Waals surface area contributed by atoms with E-state index in [-0.39, 0.29) is 6.04 Å². The maximum Gasteiger partial charge on any atom is 0.136 e. The Kier molecular flexibility index (Phi) is 9.63. The van der Waals surface area contributed by atoms with Crippen LogP contribution < -0.4 is 5.32 Å². The highest BCUT2D eigenvalue weighted by Gasteiger charge is 2.10. The first kappa shape index (κ1) is 14.8. The van der Waals surface area contributed by atoms with Crippen molar-refractivity contribution in [1.82, 2.24) is 5.32 Å². The van der Waals surface area contributed by atoms with E-state index in [1.54, 1.807) is 0 Å². The zero-order valence-electron chi connectivity index (χ0n) is 10.6. The van der Waals surface area contributed by atoms with Gasteiger partial charge in [-0.2, -0.15) is 0 Å². The molecule has 1 aromatic carbocycles. The van der Waals surface area contributed by atoms with Gasteiger partial charge in [0.2, 0.25) is 0 Å². The molecule has 0 unspecified atom stereocenters. The van der Waals surface area contributed by atoms with E-state index in [4.69, 9.17) is 0 Å². The van der Waals surface area contributed by atoms with Crippen molar-refractivity contribution in [3.8, 4) is 0 Å². The Morgan fingerprint density at radius 1 is 1.25 bits per heavy atom. The summed E-state index contributed by atoms with van der Waals surface area (Å²) in [5, 5.41) is 3.04.